The van der Waals surface area contributed by atoms with Gasteiger partial charge in [0.2, 0.25) is 0 Å². The summed E-state index contributed by atoms with van der Waals surface area (Å²) < 4.78 is 5.21. The van der Waals surface area contributed by atoms with Crippen molar-refractivity contribution in [2.24, 2.45) is 5.10 Å². The number of aromatic nitrogens is 3. The Balaban J connectivity index is 1.65. The number of hydrogen-bond acceptors (Lipinski definition) is 5. The topological polar surface area (TPSA) is 96.2 Å². The van der Waals surface area contributed by atoms with Crippen LogP contribution in [0.2, 0.25) is 0 Å². The molecule has 3 aromatic heterocycles. The average Bonchev–Trinajstić information content (AvgIpc) is 3.19. The summed E-state index contributed by atoms with van der Waals surface area (Å²) in [4.78, 5) is 15.8. The number of carbonyl (C=O) groups is 1. The minimum atomic E-state index is -0.408. The lowest BCUT2D eigenvalue weighted by molar-refractivity contribution is 0.0950. The van der Waals surface area contributed by atoms with E-state index in [9.17, 15) is 4.79 Å². The van der Waals surface area contributed by atoms with Crippen LogP contribution in [0, 0.1) is 0 Å². The first-order valence-corrected chi connectivity index (χ1v) is 6.15. The lowest BCUT2D eigenvalue weighted by atomic mass is 10.3. The van der Waals surface area contributed by atoms with Crippen LogP contribution in [0.25, 0.3) is 11.5 Å². The summed E-state index contributed by atoms with van der Waals surface area (Å²) >= 11 is 0. The third-order valence-corrected chi connectivity index (χ3v) is 2.68. The van der Waals surface area contributed by atoms with E-state index in [0.717, 1.165) is 5.56 Å². The second kappa shape index (κ2) is 5.83. The van der Waals surface area contributed by atoms with Gasteiger partial charge in [0.1, 0.15) is 5.69 Å². The highest BCUT2D eigenvalue weighted by Gasteiger charge is 2.11. The summed E-state index contributed by atoms with van der Waals surface area (Å²) in [5.74, 6) is 0.205. The van der Waals surface area contributed by atoms with Gasteiger partial charge >= 0.3 is 0 Å². The van der Waals surface area contributed by atoms with Gasteiger partial charge in [-0.25, -0.2) is 5.43 Å². The number of pyridine rings is 1. The number of hydrogen-bond donors (Lipinski definition) is 2. The molecule has 0 aliphatic carbocycles. The monoisotopic (exact) mass is 281 g/mol. The molecule has 0 unspecified atom stereocenters. The van der Waals surface area contributed by atoms with Gasteiger partial charge in [-0.05, 0) is 29.8 Å². The molecule has 0 aromatic carbocycles. The van der Waals surface area contributed by atoms with E-state index in [4.69, 9.17) is 4.42 Å². The molecule has 0 bridgehead atoms. The SMILES string of the molecule is O=C(N/N=C\c1ccncc1)c1cc(-c2ccco2)[nH]n1. The third kappa shape index (κ3) is 3.03. The van der Waals surface area contributed by atoms with E-state index < -0.39 is 5.91 Å². The molecule has 3 rings (SSSR count). The molecule has 0 saturated carbocycles. The number of nitrogens with zero attached hydrogens (tertiary/aromatic N) is 3. The van der Waals surface area contributed by atoms with Crippen molar-refractivity contribution >= 4 is 12.1 Å². The van der Waals surface area contributed by atoms with Crippen molar-refractivity contribution in [3.05, 3.63) is 60.2 Å². The van der Waals surface area contributed by atoms with Crippen molar-refractivity contribution in [1.29, 1.82) is 0 Å². The molecule has 0 radical (unpaired) electrons. The molecule has 2 N–H and O–H groups in total. The van der Waals surface area contributed by atoms with Gasteiger partial charge in [-0.15, -0.1) is 0 Å². The maximum atomic E-state index is 11.9. The maximum absolute atomic E-state index is 11.9. The molecular formula is C14H11N5O2. The zero-order valence-corrected chi connectivity index (χ0v) is 10.9. The van der Waals surface area contributed by atoms with Crippen LogP contribution >= 0.6 is 0 Å². The predicted octanol–water partition coefficient (Wildman–Crippen LogP) is 1.83. The fourth-order valence-corrected chi connectivity index (χ4v) is 1.67. The van der Waals surface area contributed by atoms with E-state index in [2.05, 4.69) is 25.7 Å². The molecule has 0 spiro atoms. The van der Waals surface area contributed by atoms with Crippen LogP contribution in [0.5, 0.6) is 0 Å². The quantitative estimate of drug-likeness (QED) is 0.563. The maximum Gasteiger partial charge on any atom is 0.291 e. The molecule has 7 heteroatoms. The number of rotatable bonds is 4. The molecule has 0 fully saturated rings. The Morgan fingerprint density at radius 2 is 2.19 bits per heavy atom. The Bertz CT molecular complexity index is 747. The second-order valence-corrected chi connectivity index (χ2v) is 4.12. The molecule has 0 aliphatic heterocycles. The minimum Gasteiger partial charge on any atom is -0.463 e. The third-order valence-electron chi connectivity index (χ3n) is 2.68. The summed E-state index contributed by atoms with van der Waals surface area (Å²) in [6.45, 7) is 0. The molecule has 104 valence electrons. The van der Waals surface area contributed by atoms with Crippen LogP contribution < -0.4 is 5.43 Å². The fourth-order valence-electron chi connectivity index (χ4n) is 1.67. The van der Waals surface area contributed by atoms with Crippen molar-refractivity contribution < 1.29 is 9.21 Å². The molecule has 0 aliphatic rings. The van der Waals surface area contributed by atoms with Crippen LogP contribution in [0.3, 0.4) is 0 Å². The average molecular weight is 281 g/mol. The summed E-state index contributed by atoms with van der Waals surface area (Å²) in [5.41, 5.74) is 4.10. The molecule has 3 aromatic rings. The van der Waals surface area contributed by atoms with Gasteiger partial charge in [-0.2, -0.15) is 10.2 Å². The van der Waals surface area contributed by atoms with Gasteiger partial charge in [0.05, 0.1) is 12.5 Å². The highest BCUT2D eigenvalue weighted by atomic mass is 16.3. The van der Waals surface area contributed by atoms with Crippen LogP contribution in [-0.4, -0.2) is 27.3 Å². The molecule has 21 heavy (non-hydrogen) atoms. The van der Waals surface area contributed by atoms with Crippen LogP contribution in [0.15, 0.2) is 58.5 Å². The van der Waals surface area contributed by atoms with Crippen molar-refractivity contribution in [2.45, 2.75) is 0 Å². The van der Waals surface area contributed by atoms with Gasteiger partial charge in [0.15, 0.2) is 11.5 Å². The Morgan fingerprint density at radius 1 is 1.33 bits per heavy atom. The predicted molar refractivity (Wildman–Crippen MR) is 75.6 cm³/mol. The van der Waals surface area contributed by atoms with E-state index in [1.54, 1.807) is 49.0 Å². The zero-order chi connectivity index (χ0) is 14.5. The molecule has 7 nitrogen and oxygen atoms in total. The normalized spacial score (nSPS) is 10.9. The number of H-pyrrole nitrogens is 1. The molecule has 0 saturated heterocycles. The lowest BCUT2D eigenvalue weighted by Crippen LogP contribution is -2.17. The van der Waals surface area contributed by atoms with Crippen molar-refractivity contribution in [2.75, 3.05) is 0 Å². The van der Waals surface area contributed by atoms with E-state index in [-0.39, 0.29) is 5.69 Å². The first-order chi connectivity index (χ1) is 10.3. The Labute approximate surface area is 119 Å². The first-order valence-electron chi connectivity index (χ1n) is 6.15. The molecular weight excluding hydrogens is 270 g/mol. The zero-order valence-electron chi connectivity index (χ0n) is 10.9. The van der Waals surface area contributed by atoms with Crippen LogP contribution in [-0.2, 0) is 0 Å². The minimum absolute atomic E-state index is 0.230. The van der Waals surface area contributed by atoms with Gasteiger partial charge in [0.25, 0.3) is 5.91 Å². The van der Waals surface area contributed by atoms with Crippen LogP contribution in [0.1, 0.15) is 16.1 Å². The van der Waals surface area contributed by atoms with E-state index >= 15 is 0 Å². The summed E-state index contributed by atoms with van der Waals surface area (Å²) in [5, 5.41) is 10.5. The number of aromatic amines is 1. The number of furan rings is 1. The number of nitrogens with one attached hydrogen (secondary N) is 2. The van der Waals surface area contributed by atoms with E-state index in [1.807, 2.05) is 0 Å². The standard InChI is InChI=1S/C14H11N5O2/c20-14(19-16-9-10-3-5-15-6-4-10)12-8-11(17-18-12)13-2-1-7-21-13/h1-9H,(H,17,18)(H,19,20)/b16-9-. The highest BCUT2D eigenvalue weighted by Crippen LogP contribution is 2.17. The van der Waals surface area contributed by atoms with Gasteiger partial charge < -0.3 is 4.42 Å². The van der Waals surface area contributed by atoms with Crippen molar-refractivity contribution in [3.8, 4) is 11.5 Å². The van der Waals surface area contributed by atoms with Gasteiger partial charge in [0, 0.05) is 18.5 Å². The van der Waals surface area contributed by atoms with E-state index in [0.29, 0.717) is 11.5 Å². The summed E-state index contributed by atoms with van der Waals surface area (Å²) in [7, 11) is 0. The summed E-state index contributed by atoms with van der Waals surface area (Å²) in [6, 6.07) is 8.68. The summed E-state index contributed by atoms with van der Waals surface area (Å²) in [6.07, 6.45) is 6.37. The Hall–Kier alpha value is -3.22. The smallest absolute Gasteiger partial charge is 0.291 e. The number of carbonyl (C=O) groups excluding carboxylic acids is 1. The van der Waals surface area contributed by atoms with Crippen molar-refractivity contribution in [1.82, 2.24) is 20.6 Å². The van der Waals surface area contributed by atoms with Gasteiger partial charge in [-0.3, -0.25) is 14.9 Å². The molecule has 3 heterocycles. The fraction of sp³-hybridized carbons (Fsp3) is 0. The molecule has 1 amide bonds. The number of hydrazone groups is 1. The highest BCUT2D eigenvalue weighted by molar-refractivity contribution is 5.93. The second-order valence-electron chi connectivity index (χ2n) is 4.12. The van der Waals surface area contributed by atoms with Gasteiger partial charge in [-0.1, -0.05) is 0 Å². The van der Waals surface area contributed by atoms with Crippen molar-refractivity contribution in [3.63, 3.8) is 0 Å². The Kier molecular flexibility index (Phi) is 3.55. The number of amides is 1. The molecule has 0 atom stereocenters. The lowest BCUT2D eigenvalue weighted by Gasteiger charge is -1.94. The first kappa shape index (κ1) is 12.8. The Morgan fingerprint density at radius 3 is 2.95 bits per heavy atom. The van der Waals surface area contributed by atoms with E-state index in [1.165, 1.54) is 6.21 Å². The largest absolute Gasteiger partial charge is 0.463 e. The van der Waals surface area contributed by atoms with Crippen LogP contribution in [0.4, 0.5) is 0 Å².